The number of benzene rings is 1. The number of hydrogen-bond donors (Lipinski definition) is 1. The van der Waals surface area contributed by atoms with Gasteiger partial charge < -0.3 is 19.3 Å². The third-order valence-electron chi connectivity index (χ3n) is 8.50. The van der Waals surface area contributed by atoms with E-state index in [1.165, 1.54) is 0 Å². The van der Waals surface area contributed by atoms with Gasteiger partial charge in [-0.15, -0.1) is 0 Å². The lowest BCUT2D eigenvalue weighted by atomic mass is 9.79. The molecule has 7 rings (SSSR count). The van der Waals surface area contributed by atoms with Gasteiger partial charge in [0.2, 0.25) is 5.88 Å². The number of likely N-dealkylation sites (N-methyl/N-ethyl adjacent to an activating group) is 1. The van der Waals surface area contributed by atoms with E-state index in [4.69, 9.17) is 9.72 Å². The molecule has 0 spiro atoms. The molecule has 3 aliphatic heterocycles. The molecule has 2 bridgehead atoms. The maximum atomic E-state index is 15.6. The molecule has 5 atom stereocenters. The summed E-state index contributed by atoms with van der Waals surface area (Å²) in [7, 11) is 2.11. The Labute approximate surface area is 212 Å². The minimum Gasteiger partial charge on any atom is -0.472 e. The smallest absolute Gasteiger partial charge is 0.407 e. The summed E-state index contributed by atoms with van der Waals surface area (Å²) in [6, 6.07) is 4.30. The first kappa shape index (κ1) is 23.0. The van der Waals surface area contributed by atoms with E-state index in [1.54, 1.807) is 4.90 Å². The number of ether oxygens (including phenoxy) is 1. The molecule has 0 radical (unpaired) electrons. The number of aromatic nitrogens is 2. The third-order valence-corrected chi connectivity index (χ3v) is 9.48. The fourth-order valence-corrected chi connectivity index (χ4v) is 7.04. The topological polar surface area (TPSA) is 70.8 Å². The van der Waals surface area contributed by atoms with Crippen molar-refractivity contribution in [3.8, 4) is 5.88 Å². The number of aryl methyl sites for hydroxylation is 2. The van der Waals surface area contributed by atoms with Crippen LogP contribution >= 0.6 is 15.9 Å². The SMILES string of the molecule is Cc1cc2c(nc(OC(C)[C@@H]3CCCN3C)c3cc(C)n([C@H]4[C@@H]5C[C@H]4N(C(=O)O)C5)c32)c(F)c1Br. The van der Waals surface area contributed by atoms with Crippen molar-refractivity contribution in [3.05, 3.63) is 33.7 Å². The van der Waals surface area contributed by atoms with Gasteiger partial charge in [0.25, 0.3) is 0 Å². The van der Waals surface area contributed by atoms with Gasteiger partial charge in [-0.05, 0) is 87.3 Å². The predicted octanol–water partition coefficient (Wildman–Crippen LogP) is 5.49. The summed E-state index contributed by atoms with van der Waals surface area (Å²) >= 11 is 3.39. The average molecular weight is 545 g/mol. The Kier molecular flexibility index (Phi) is 5.31. The lowest BCUT2D eigenvalue weighted by Crippen LogP contribution is -2.42. The minimum atomic E-state index is -0.870. The fraction of sp³-hybridized carbons (Fsp3) is 0.538. The summed E-state index contributed by atoms with van der Waals surface area (Å²) in [6.07, 6.45) is 2.09. The number of amides is 1. The molecule has 1 unspecified atom stereocenters. The standard InChI is InChI=1S/C26H30BrFN4O3/c1-12-8-16-22(21(28)20(12)27)29-25(35-14(3)18-6-5-7-30(18)4)17-9-13(2)32(24(16)17)23-15-10-19(23)31(11-15)26(33)34/h8-9,14-15,18-19,23H,5-7,10-11H2,1-4H3,(H,33,34)/t14?,15-,18+,19-,23+/m1/s1. The van der Waals surface area contributed by atoms with Gasteiger partial charge in [0.05, 0.1) is 27.5 Å². The highest BCUT2D eigenvalue weighted by Gasteiger charge is 2.55. The van der Waals surface area contributed by atoms with Crippen LogP contribution in [0.3, 0.4) is 0 Å². The Morgan fingerprint density at radius 3 is 2.74 bits per heavy atom. The van der Waals surface area contributed by atoms with E-state index < -0.39 is 11.9 Å². The zero-order chi connectivity index (χ0) is 24.8. The second-order valence-corrected chi connectivity index (χ2v) is 11.3. The van der Waals surface area contributed by atoms with Crippen LogP contribution in [0.4, 0.5) is 9.18 Å². The first-order valence-corrected chi connectivity index (χ1v) is 13.1. The van der Waals surface area contributed by atoms with Gasteiger partial charge in [-0.1, -0.05) is 0 Å². The van der Waals surface area contributed by atoms with E-state index >= 15 is 4.39 Å². The van der Waals surface area contributed by atoms with Crippen molar-refractivity contribution in [2.75, 3.05) is 20.1 Å². The van der Waals surface area contributed by atoms with Crippen molar-refractivity contribution >= 4 is 43.8 Å². The Morgan fingerprint density at radius 1 is 1.31 bits per heavy atom. The molecular weight excluding hydrogens is 515 g/mol. The highest BCUT2D eigenvalue weighted by Crippen LogP contribution is 2.52. The molecule has 4 aliphatic rings. The summed E-state index contributed by atoms with van der Waals surface area (Å²) < 4.78 is 24.7. The van der Waals surface area contributed by atoms with Crippen LogP contribution in [0.15, 0.2) is 16.6 Å². The van der Waals surface area contributed by atoms with Crippen LogP contribution in [0, 0.1) is 25.6 Å². The van der Waals surface area contributed by atoms with Crippen molar-refractivity contribution < 1.29 is 19.0 Å². The number of nitrogens with zero attached hydrogens (tertiary/aromatic N) is 4. The van der Waals surface area contributed by atoms with E-state index in [2.05, 4.69) is 45.4 Å². The van der Waals surface area contributed by atoms with Gasteiger partial charge in [0, 0.05) is 29.6 Å². The van der Waals surface area contributed by atoms with Crippen LogP contribution in [-0.4, -0.2) is 68.9 Å². The van der Waals surface area contributed by atoms with Crippen LogP contribution in [-0.2, 0) is 0 Å². The number of rotatable bonds is 4. The minimum absolute atomic E-state index is 0.0347. The summed E-state index contributed by atoms with van der Waals surface area (Å²) in [5.41, 5.74) is 2.97. The van der Waals surface area contributed by atoms with E-state index in [1.807, 2.05) is 19.9 Å². The second kappa shape index (κ2) is 8.06. The summed E-state index contributed by atoms with van der Waals surface area (Å²) in [5.74, 6) is 0.301. The maximum absolute atomic E-state index is 15.6. The van der Waals surface area contributed by atoms with Gasteiger partial charge in [0.1, 0.15) is 11.6 Å². The quantitative estimate of drug-likeness (QED) is 0.470. The molecule has 186 valence electrons. The number of hydrogen-bond acceptors (Lipinski definition) is 4. The normalized spacial score (nSPS) is 27.1. The molecule has 3 aromatic rings. The van der Waals surface area contributed by atoms with Crippen molar-refractivity contribution in [2.45, 2.75) is 64.3 Å². The lowest BCUT2D eigenvalue weighted by molar-refractivity contribution is 0.118. The largest absolute Gasteiger partial charge is 0.472 e. The predicted molar refractivity (Wildman–Crippen MR) is 136 cm³/mol. The van der Waals surface area contributed by atoms with Gasteiger partial charge in [-0.2, -0.15) is 0 Å². The van der Waals surface area contributed by atoms with Gasteiger partial charge in [-0.3, -0.25) is 4.90 Å². The summed E-state index contributed by atoms with van der Waals surface area (Å²) in [4.78, 5) is 20.4. The molecule has 5 heterocycles. The second-order valence-electron chi connectivity index (χ2n) is 10.6. The zero-order valence-electron chi connectivity index (χ0n) is 20.4. The Bertz CT molecular complexity index is 1370. The number of likely N-dealkylation sites (tertiary alicyclic amines) is 1. The highest BCUT2D eigenvalue weighted by molar-refractivity contribution is 9.10. The number of carboxylic acid groups (broad SMARTS) is 1. The van der Waals surface area contributed by atoms with Gasteiger partial charge >= 0.3 is 6.09 Å². The van der Waals surface area contributed by atoms with E-state index in [0.717, 1.165) is 53.4 Å². The lowest BCUT2D eigenvalue weighted by Gasteiger charge is -2.38. The molecule has 1 amide bonds. The maximum Gasteiger partial charge on any atom is 0.407 e. The first-order chi connectivity index (χ1) is 16.7. The van der Waals surface area contributed by atoms with Crippen LogP contribution in [0.5, 0.6) is 5.88 Å². The molecular formula is C26H30BrFN4O3. The van der Waals surface area contributed by atoms with Crippen LogP contribution < -0.4 is 4.74 Å². The van der Waals surface area contributed by atoms with Gasteiger partial charge in [-0.25, -0.2) is 14.2 Å². The third kappa shape index (κ3) is 3.30. The van der Waals surface area contributed by atoms with Crippen molar-refractivity contribution in [3.63, 3.8) is 0 Å². The Hall–Kier alpha value is -2.39. The van der Waals surface area contributed by atoms with Gasteiger partial charge in [0.15, 0.2) is 5.82 Å². The average Bonchev–Trinajstić information content (AvgIpc) is 3.56. The molecule has 35 heavy (non-hydrogen) atoms. The molecule has 1 aromatic carbocycles. The highest BCUT2D eigenvalue weighted by atomic mass is 79.9. The molecule has 2 aromatic heterocycles. The molecule has 3 saturated heterocycles. The molecule has 9 heteroatoms. The Balaban J connectivity index is 1.55. The zero-order valence-corrected chi connectivity index (χ0v) is 22.0. The molecule has 1 aliphatic carbocycles. The van der Waals surface area contributed by atoms with Crippen molar-refractivity contribution in [1.29, 1.82) is 0 Å². The fourth-order valence-electron chi connectivity index (χ4n) is 6.74. The van der Waals surface area contributed by atoms with Crippen LogP contribution in [0.25, 0.3) is 21.8 Å². The van der Waals surface area contributed by atoms with Crippen molar-refractivity contribution in [1.82, 2.24) is 19.4 Å². The van der Waals surface area contributed by atoms with E-state index in [-0.39, 0.29) is 35.7 Å². The van der Waals surface area contributed by atoms with E-state index in [9.17, 15) is 9.90 Å². The molecule has 4 fully saturated rings. The molecule has 7 nitrogen and oxygen atoms in total. The number of carbonyl (C=O) groups is 1. The number of fused-ring (bicyclic) bond motifs is 4. The monoisotopic (exact) mass is 544 g/mol. The van der Waals surface area contributed by atoms with Crippen molar-refractivity contribution in [2.24, 2.45) is 5.92 Å². The first-order valence-electron chi connectivity index (χ1n) is 12.3. The Morgan fingerprint density at radius 2 is 2.09 bits per heavy atom. The number of pyridine rings is 1. The molecule has 1 N–H and O–H groups in total. The molecule has 1 saturated carbocycles. The van der Waals surface area contributed by atoms with E-state index in [0.29, 0.717) is 16.9 Å². The summed E-state index contributed by atoms with van der Waals surface area (Å²) in [6.45, 7) is 7.56. The number of halogens is 2. The van der Waals surface area contributed by atoms with Crippen LogP contribution in [0.2, 0.25) is 0 Å². The summed E-state index contributed by atoms with van der Waals surface area (Å²) in [5, 5.41) is 11.3. The van der Waals surface area contributed by atoms with Crippen LogP contribution in [0.1, 0.15) is 43.5 Å².